The lowest BCUT2D eigenvalue weighted by atomic mass is 9.96. The molecule has 0 bridgehead atoms. The van der Waals surface area contributed by atoms with E-state index >= 15 is 0 Å². The molecule has 0 unspecified atom stereocenters. The van der Waals surface area contributed by atoms with Gasteiger partial charge in [-0.2, -0.15) is 0 Å². The molecule has 0 aliphatic carbocycles. The highest BCUT2D eigenvalue weighted by Crippen LogP contribution is 2.44. The molecule has 1 aliphatic heterocycles. The lowest BCUT2D eigenvalue weighted by Gasteiger charge is -2.28. The first-order valence-electron chi connectivity index (χ1n) is 11.2. The quantitative estimate of drug-likeness (QED) is 0.323. The Labute approximate surface area is 214 Å². The minimum atomic E-state index is -0.174. The van der Waals surface area contributed by atoms with Crippen LogP contribution in [0.5, 0.6) is 11.5 Å². The zero-order chi connectivity index (χ0) is 24.7. The summed E-state index contributed by atoms with van der Waals surface area (Å²) in [5, 5.41) is 15.3. The number of hydrogen-bond acceptors (Lipinski definition) is 4. The van der Waals surface area contributed by atoms with E-state index in [1.807, 2.05) is 60.9 Å². The molecule has 35 heavy (non-hydrogen) atoms. The summed E-state index contributed by atoms with van der Waals surface area (Å²) in [6, 6.07) is 20.6. The highest BCUT2D eigenvalue weighted by atomic mass is 35.5. The van der Waals surface area contributed by atoms with Crippen LogP contribution in [0.3, 0.4) is 0 Å². The third kappa shape index (κ3) is 4.11. The van der Waals surface area contributed by atoms with Crippen molar-refractivity contribution in [3.63, 3.8) is 0 Å². The zero-order valence-corrected chi connectivity index (χ0v) is 21.1. The van der Waals surface area contributed by atoms with Crippen molar-refractivity contribution in [1.29, 1.82) is 0 Å². The van der Waals surface area contributed by atoms with Crippen molar-refractivity contribution in [3.05, 3.63) is 101 Å². The Morgan fingerprint density at radius 3 is 2.51 bits per heavy atom. The number of rotatable bonds is 5. The average Bonchev–Trinajstić information content (AvgIpc) is 3.36. The van der Waals surface area contributed by atoms with Gasteiger partial charge in [-0.15, -0.1) is 0 Å². The van der Waals surface area contributed by atoms with Crippen molar-refractivity contribution < 1.29 is 9.84 Å². The van der Waals surface area contributed by atoms with Crippen molar-refractivity contribution >= 4 is 34.6 Å². The summed E-state index contributed by atoms with van der Waals surface area (Å²) in [5.41, 5.74) is 5.50. The van der Waals surface area contributed by atoms with Crippen LogP contribution in [0.4, 0.5) is 5.69 Å². The number of halogens is 1. The van der Waals surface area contributed by atoms with Gasteiger partial charge in [0.25, 0.3) is 0 Å². The summed E-state index contributed by atoms with van der Waals surface area (Å²) in [6.45, 7) is 4.07. The van der Waals surface area contributed by atoms with Gasteiger partial charge in [-0.05, 0) is 92.3 Å². The van der Waals surface area contributed by atoms with Crippen molar-refractivity contribution in [2.24, 2.45) is 0 Å². The van der Waals surface area contributed by atoms with Gasteiger partial charge in [-0.1, -0.05) is 17.7 Å². The second kappa shape index (κ2) is 9.24. The molecule has 5 rings (SSSR count). The van der Waals surface area contributed by atoms with E-state index < -0.39 is 0 Å². The number of hydrogen-bond donors (Lipinski definition) is 2. The number of phenols is 1. The van der Waals surface area contributed by atoms with E-state index in [0.717, 1.165) is 34.1 Å². The van der Waals surface area contributed by atoms with Gasteiger partial charge in [-0.3, -0.25) is 4.98 Å². The van der Waals surface area contributed by atoms with Crippen LogP contribution in [0.2, 0.25) is 5.02 Å². The van der Waals surface area contributed by atoms with Gasteiger partial charge >= 0.3 is 0 Å². The number of pyridine rings is 1. The summed E-state index contributed by atoms with van der Waals surface area (Å²) in [7, 11) is 1.65. The van der Waals surface area contributed by atoms with Crippen LogP contribution in [-0.4, -0.2) is 26.9 Å². The molecule has 2 atom stereocenters. The first-order valence-corrected chi connectivity index (χ1v) is 12.0. The number of thiocarbonyl (C=S) groups is 1. The normalized spacial score (nSPS) is 17.5. The van der Waals surface area contributed by atoms with Crippen LogP contribution in [0.1, 0.15) is 34.7 Å². The van der Waals surface area contributed by atoms with Gasteiger partial charge in [0.05, 0.1) is 30.6 Å². The standard InChI is InChI=1S/C27H25ClN4O2S/c1-16-14-21(17(2)31(16)23-15-18(28)7-12-24(23)33)26-25(22-6-4-5-13-29-22)30-27(35)32(26)19-8-10-20(34-3)11-9-19/h4-15,25-26,33H,1-3H3,(H,30,35)/t25-,26-/m1/s1. The molecule has 4 aromatic rings. The molecule has 1 aliphatic rings. The van der Waals surface area contributed by atoms with Gasteiger partial charge in [0.15, 0.2) is 5.11 Å². The molecule has 2 aromatic carbocycles. The fraction of sp³-hybridized carbons (Fsp3) is 0.185. The minimum Gasteiger partial charge on any atom is -0.506 e. The number of phenolic OH excluding ortho intramolecular Hbond substituents is 1. The lowest BCUT2D eigenvalue weighted by molar-refractivity contribution is 0.415. The molecule has 0 radical (unpaired) electrons. The van der Waals surface area contributed by atoms with E-state index in [0.29, 0.717) is 15.8 Å². The van der Waals surface area contributed by atoms with Gasteiger partial charge < -0.3 is 24.6 Å². The third-order valence-electron chi connectivity index (χ3n) is 6.42. The SMILES string of the molecule is COc1ccc(N2C(=S)N[C@H](c3ccccn3)[C@H]2c2cc(C)n(-c3cc(Cl)ccc3O)c2C)cc1. The lowest BCUT2D eigenvalue weighted by Crippen LogP contribution is -2.29. The second-order valence-corrected chi connectivity index (χ2v) is 9.31. The Morgan fingerprint density at radius 2 is 1.83 bits per heavy atom. The Kier molecular flexibility index (Phi) is 6.13. The van der Waals surface area contributed by atoms with E-state index in [-0.39, 0.29) is 17.8 Å². The fourth-order valence-electron chi connectivity index (χ4n) is 4.83. The number of methoxy groups -OCH3 is 1. The number of nitrogens with zero attached hydrogens (tertiary/aromatic N) is 3. The first kappa shape index (κ1) is 23.2. The number of ether oxygens (including phenoxy) is 1. The van der Waals surface area contributed by atoms with E-state index in [1.165, 1.54) is 0 Å². The molecular formula is C27H25ClN4O2S. The number of aromatic hydroxyl groups is 1. The van der Waals surface area contributed by atoms with E-state index in [2.05, 4.69) is 21.3 Å². The molecule has 0 amide bonds. The van der Waals surface area contributed by atoms with Crippen molar-refractivity contribution in [3.8, 4) is 17.2 Å². The van der Waals surface area contributed by atoms with E-state index in [4.69, 9.17) is 28.6 Å². The highest BCUT2D eigenvalue weighted by Gasteiger charge is 2.42. The van der Waals surface area contributed by atoms with Gasteiger partial charge in [0.1, 0.15) is 11.5 Å². The molecule has 1 saturated heterocycles. The van der Waals surface area contributed by atoms with Crippen LogP contribution >= 0.6 is 23.8 Å². The maximum Gasteiger partial charge on any atom is 0.174 e. The Hall–Kier alpha value is -3.55. The van der Waals surface area contributed by atoms with Crippen LogP contribution in [-0.2, 0) is 0 Å². The third-order valence-corrected chi connectivity index (χ3v) is 6.97. The van der Waals surface area contributed by atoms with Crippen LogP contribution in [0.25, 0.3) is 5.69 Å². The molecule has 0 spiro atoms. The molecule has 0 saturated carbocycles. The fourth-order valence-corrected chi connectivity index (χ4v) is 5.34. The predicted octanol–water partition coefficient (Wildman–Crippen LogP) is 6.03. The second-order valence-electron chi connectivity index (χ2n) is 8.49. The maximum absolute atomic E-state index is 10.6. The number of benzene rings is 2. The summed E-state index contributed by atoms with van der Waals surface area (Å²) in [5.74, 6) is 0.940. The van der Waals surface area contributed by atoms with Crippen LogP contribution < -0.4 is 15.0 Å². The smallest absolute Gasteiger partial charge is 0.174 e. The van der Waals surface area contributed by atoms with Gasteiger partial charge in [0, 0.05) is 28.3 Å². The van der Waals surface area contributed by atoms with Crippen LogP contribution in [0.15, 0.2) is 72.9 Å². The van der Waals surface area contributed by atoms with E-state index in [9.17, 15) is 5.11 Å². The monoisotopic (exact) mass is 504 g/mol. The average molecular weight is 505 g/mol. The van der Waals surface area contributed by atoms with E-state index in [1.54, 1.807) is 31.5 Å². The van der Waals surface area contributed by atoms with Crippen molar-refractivity contribution in [2.75, 3.05) is 12.0 Å². The summed E-state index contributed by atoms with van der Waals surface area (Å²) in [4.78, 5) is 6.76. The van der Waals surface area contributed by atoms with Gasteiger partial charge in [-0.25, -0.2) is 0 Å². The molecule has 3 heterocycles. The number of anilines is 1. The molecule has 8 heteroatoms. The Morgan fingerprint density at radius 1 is 1.06 bits per heavy atom. The maximum atomic E-state index is 10.6. The molecule has 178 valence electrons. The zero-order valence-electron chi connectivity index (χ0n) is 19.6. The topological polar surface area (TPSA) is 62.5 Å². The molecule has 6 nitrogen and oxygen atoms in total. The van der Waals surface area contributed by atoms with Gasteiger partial charge in [0.2, 0.25) is 0 Å². The number of nitrogens with one attached hydrogen (secondary N) is 1. The molecule has 2 aromatic heterocycles. The van der Waals surface area contributed by atoms with Crippen molar-refractivity contribution in [2.45, 2.75) is 25.9 Å². The molecule has 2 N–H and O–H groups in total. The van der Waals surface area contributed by atoms with Crippen molar-refractivity contribution in [1.82, 2.24) is 14.9 Å². The summed E-state index contributed by atoms with van der Waals surface area (Å²) in [6.07, 6.45) is 1.79. The summed E-state index contributed by atoms with van der Waals surface area (Å²) < 4.78 is 7.38. The Bertz CT molecular complexity index is 1390. The number of aromatic nitrogens is 2. The summed E-state index contributed by atoms with van der Waals surface area (Å²) >= 11 is 12.1. The first-order chi connectivity index (χ1) is 16.9. The molecule has 1 fully saturated rings. The molecular weight excluding hydrogens is 480 g/mol. The largest absolute Gasteiger partial charge is 0.506 e. The Balaban J connectivity index is 1.68. The predicted molar refractivity (Wildman–Crippen MR) is 143 cm³/mol. The number of aryl methyl sites for hydroxylation is 1. The van der Waals surface area contributed by atoms with Crippen LogP contribution in [0, 0.1) is 13.8 Å². The highest BCUT2D eigenvalue weighted by molar-refractivity contribution is 7.80. The minimum absolute atomic E-state index is 0.163.